The summed E-state index contributed by atoms with van der Waals surface area (Å²) in [6.07, 6.45) is 3.19. The molecule has 2 atom stereocenters. The Hall–Kier alpha value is -2.77. The van der Waals surface area contributed by atoms with Gasteiger partial charge in [-0.15, -0.1) is 11.3 Å². The first-order valence-electron chi connectivity index (χ1n) is 11.5. The Kier molecular flexibility index (Phi) is 7.95. The molecule has 1 aliphatic heterocycles. The number of amides is 2. The molecule has 0 radical (unpaired) electrons. The molecule has 3 aromatic rings. The van der Waals surface area contributed by atoms with Crippen molar-refractivity contribution < 1.29 is 18.7 Å². The van der Waals surface area contributed by atoms with Gasteiger partial charge in [-0.25, -0.2) is 0 Å². The summed E-state index contributed by atoms with van der Waals surface area (Å²) in [6, 6.07) is 12.4. The maximum absolute atomic E-state index is 13.6. The summed E-state index contributed by atoms with van der Waals surface area (Å²) in [5, 5.41) is 2.70. The lowest BCUT2D eigenvalue weighted by Crippen LogP contribution is -2.48. The predicted octanol–water partition coefficient (Wildman–Crippen LogP) is 5.69. The summed E-state index contributed by atoms with van der Waals surface area (Å²) in [5.41, 5.74) is 1.12. The molecule has 0 bridgehead atoms. The van der Waals surface area contributed by atoms with E-state index in [0.29, 0.717) is 30.5 Å². The number of fused-ring (bicyclic) bond motifs is 1. The second-order valence-corrected chi connectivity index (χ2v) is 10.0. The molecule has 180 valence electrons. The van der Waals surface area contributed by atoms with Crippen LogP contribution < -0.4 is 4.74 Å². The van der Waals surface area contributed by atoms with Crippen molar-refractivity contribution in [3.05, 3.63) is 75.3 Å². The van der Waals surface area contributed by atoms with E-state index in [0.717, 1.165) is 18.4 Å². The minimum Gasteiger partial charge on any atom is -0.491 e. The second-order valence-electron chi connectivity index (χ2n) is 8.59. The number of carbonyl (C=O) groups is 2. The van der Waals surface area contributed by atoms with Crippen LogP contribution in [0.25, 0.3) is 0 Å². The zero-order chi connectivity index (χ0) is 24.1. The normalized spacial score (nSPS) is 16.1. The van der Waals surface area contributed by atoms with E-state index in [1.54, 1.807) is 40.5 Å². The smallest absolute Gasteiger partial charge is 0.290 e. The van der Waals surface area contributed by atoms with Crippen LogP contribution in [0.4, 0.5) is 0 Å². The van der Waals surface area contributed by atoms with Crippen LogP contribution in [0.15, 0.2) is 58.5 Å². The molecule has 2 aromatic heterocycles. The first-order valence-corrected chi connectivity index (χ1v) is 12.8. The van der Waals surface area contributed by atoms with E-state index in [1.165, 1.54) is 11.1 Å². The van der Waals surface area contributed by atoms with Crippen molar-refractivity contribution in [3.8, 4) is 5.75 Å². The number of hydrogen-bond acceptors (Lipinski definition) is 5. The number of halogens is 1. The molecule has 0 aliphatic carbocycles. The molecule has 0 spiro atoms. The van der Waals surface area contributed by atoms with Crippen LogP contribution in [0.3, 0.4) is 0 Å². The molecule has 1 aromatic carbocycles. The average molecular weight is 501 g/mol. The van der Waals surface area contributed by atoms with Crippen molar-refractivity contribution in [2.24, 2.45) is 5.92 Å². The minimum atomic E-state index is -0.263. The van der Waals surface area contributed by atoms with Gasteiger partial charge in [0.2, 0.25) is 5.91 Å². The van der Waals surface area contributed by atoms with Crippen molar-refractivity contribution in [3.63, 3.8) is 0 Å². The summed E-state index contributed by atoms with van der Waals surface area (Å²) < 4.78 is 11.4. The van der Waals surface area contributed by atoms with Gasteiger partial charge in [-0.2, -0.15) is 0 Å². The number of furan rings is 1. The zero-order valence-corrected chi connectivity index (χ0v) is 21.0. The number of benzene rings is 1. The monoisotopic (exact) mass is 500 g/mol. The number of rotatable bonds is 9. The number of nitrogens with zero attached hydrogens (tertiary/aromatic N) is 2. The summed E-state index contributed by atoms with van der Waals surface area (Å²) >= 11 is 7.70. The molecule has 6 nitrogen and oxygen atoms in total. The number of ether oxygens (including phenoxy) is 1. The highest BCUT2D eigenvalue weighted by Gasteiger charge is 2.34. The van der Waals surface area contributed by atoms with Crippen LogP contribution in [0.1, 0.15) is 47.3 Å². The average Bonchev–Trinajstić information content (AvgIpc) is 3.54. The first kappa shape index (κ1) is 24.4. The molecule has 2 amide bonds. The van der Waals surface area contributed by atoms with E-state index < -0.39 is 0 Å². The lowest BCUT2D eigenvalue weighted by molar-refractivity contribution is -0.135. The van der Waals surface area contributed by atoms with E-state index >= 15 is 0 Å². The van der Waals surface area contributed by atoms with E-state index in [1.807, 2.05) is 17.0 Å². The Morgan fingerprint density at radius 1 is 1.26 bits per heavy atom. The molecule has 0 unspecified atom stereocenters. The summed E-state index contributed by atoms with van der Waals surface area (Å²) in [5.74, 6) is 0.856. The van der Waals surface area contributed by atoms with Gasteiger partial charge in [0, 0.05) is 23.0 Å². The molecule has 0 saturated heterocycles. The third kappa shape index (κ3) is 5.65. The van der Waals surface area contributed by atoms with Gasteiger partial charge in [-0.1, -0.05) is 31.9 Å². The molecule has 1 aliphatic rings. The Balaban J connectivity index is 1.52. The fraction of sp³-hybridized carbons (Fsp3) is 0.385. The van der Waals surface area contributed by atoms with Crippen molar-refractivity contribution in [2.45, 2.75) is 32.7 Å². The Morgan fingerprint density at radius 2 is 2.06 bits per heavy atom. The van der Waals surface area contributed by atoms with Gasteiger partial charge < -0.3 is 19.0 Å². The number of hydrogen-bond donors (Lipinski definition) is 0. The van der Waals surface area contributed by atoms with Gasteiger partial charge in [0.1, 0.15) is 18.9 Å². The number of carbonyl (C=O) groups excluding carboxylic acids is 2. The third-order valence-electron chi connectivity index (χ3n) is 6.21. The van der Waals surface area contributed by atoms with E-state index in [-0.39, 0.29) is 36.1 Å². The van der Waals surface area contributed by atoms with Crippen LogP contribution in [-0.4, -0.2) is 47.9 Å². The quantitative estimate of drug-likeness (QED) is 0.378. The maximum Gasteiger partial charge on any atom is 0.290 e. The SMILES string of the molecule is CC[C@@H](C)CN(CC(=O)N1CCc2sccc2[C@@H]1COc1ccc(Cl)cc1)C(=O)c1ccco1. The topological polar surface area (TPSA) is 63.0 Å². The van der Waals surface area contributed by atoms with E-state index in [2.05, 4.69) is 25.3 Å². The van der Waals surface area contributed by atoms with Gasteiger partial charge in [0.25, 0.3) is 5.91 Å². The van der Waals surface area contributed by atoms with Gasteiger partial charge >= 0.3 is 0 Å². The summed E-state index contributed by atoms with van der Waals surface area (Å²) in [4.78, 5) is 31.4. The standard InChI is InChI=1S/C26H29ClN2O4S/c1-3-18(2)15-28(26(31)23-5-4-13-32-23)16-25(30)29-12-10-24-21(11-14-34-24)22(29)17-33-20-8-6-19(27)7-9-20/h4-9,11,13-14,18,22H,3,10,12,15-17H2,1-2H3/t18-,22+/m1/s1. The van der Waals surface area contributed by atoms with Crippen molar-refractivity contribution in [2.75, 3.05) is 26.2 Å². The van der Waals surface area contributed by atoms with E-state index in [9.17, 15) is 9.59 Å². The largest absolute Gasteiger partial charge is 0.491 e. The highest BCUT2D eigenvalue weighted by molar-refractivity contribution is 7.10. The van der Waals surface area contributed by atoms with Crippen LogP contribution in [0, 0.1) is 5.92 Å². The Morgan fingerprint density at radius 3 is 2.76 bits per heavy atom. The third-order valence-corrected chi connectivity index (χ3v) is 7.46. The lowest BCUT2D eigenvalue weighted by atomic mass is 10.00. The molecular formula is C26H29ClN2O4S. The molecule has 3 heterocycles. The Labute approximate surface area is 209 Å². The number of thiophene rings is 1. The maximum atomic E-state index is 13.6. The molecule has 4 rings (SSSR count). The predicted molar refractivity (Wildman–Crippen MR) is 133 cm³/mol. The fourth-order valence-electron chi connectivity index (χ4n) is 4.12. The summed E-state index contributed by atoms with van der Waals surface area (Å²) in [7, 11) is 0. The van der Waals surface area contributed by atoms with E-state index in [4.69, 9.17) is 20.8 Å². The van der Waals surface area contributed by atoms with Crippen molar-refractivity contribution >= 4 is 34.8 Å². The first-order chi connectivity index (χ1) is 16.5. The summed E-state index contributed by atoms with van der Waals surface area (Å²) in [6.45, 7) is 5.57. The molecule has 8 heteroatoms. The van der Waals surface area contributed by atoms with Crippen LogP contribution in [-0.2, 0) is 11.2 Å². The fourth-order valence-corrected chi connectivity index (χ4v) is 5.17. The minimum absolute atomic E-state index is 0.000782. The van der Waals surface area contributed by atoms with Gasteiger partial charge in [0.15, 0.2) is 5.76 Å². The molecular weight excluding hydrogens is 472 g/mol. The van der Waals surface area contributed by atoms with Crippen molar-refractivity contribution in [1.29, 1.82) is 0 Å². The highest BCUT2D eigenvalue weighted by Crippen LogP contribution is 2.34. The van der Waals surface area contributed by atoms with Crippen LogP contribution >= 0.6 is 22.9 Å². The van der Waals surface area contributed by atoms with Crippen molar-refractivity contribution in [1.82, 2.24) is 9.80 Å². The van der Waals surface area contributed by atoms with Gasteiger partial charge in [0.05, 0.1) is 12.3 Å². The van der Waals surface area contributed by atoms with Gasteiger partial charge in [-0.3, -0.25) is 9.59 Å². The van der Waals surface area contributed by atoms with Gasteiger partial charge in [-0.05, 0) is 65.7 Å². The Bertz CT molecular complexity index is 1100. The lowest BCUT2D eigenvalue weighted by Gasteiger charge is -2.37. The molecule has 0 saturated carbocycles. The molecule has 0 N–H and O–H groups in total. The molecule has 34 heavy (non-hydrogen) atoms. The van der Waals surface area contributed by atoms with Crippen LogP contribution in [0.5, 0.6) is 5.75 Å². The van der Waals surface area contributed by atoms with Crippen LogP contribution in [0.2, 0.25) is 5.02 Å². The highest BCUT2D eigenvalue weighted by atomic mass is 35.5. The second kappa shape index (κ2) is 11.1. The zero-order valence-electron chi connectivity index (χ0n) is 19.4. The molecule has 0 fully saturated rings.